The Labute approximate surface area is 119 Å². The minimum absolute atomic E-state index is 0.187. The molecule has 0 atom stereocenters. The van der Waals surface area contributed by atoms with E-state index in [1.54, 1.807) is 12.1 Å². The molecule has 0 spiro atoms. The number of nitrogens with zero attached hydrogens (tertiary/aromatic N) is 2. The summed E-state index contributed by atoms with van der Waals surface area (Å²) in [4.78, 5) is 11.3. The molecule has 1 N–H and O–H groups in total. The van der Waals surface area contributed by atoms with Crippen LogP contribution in [0.25, 0.3) is 5.69 Å². The summed E-state index contributed by atoms with van der Waals surface area (Å²) < 4.78 is 14.7. The lowest BCUT2D eigenvalue weighted by molar-refractivity contribution is 0.0695. The summed E-state index contributed by atoms with van der Waals surface area (Å²) in [6.07, 6.45) is 3.20. The lowest BCUT2D eigenvalue weighted by Gasteiger charge is -2.11. The summed E-state index contributed by atoms with van der Waals surface area (Å²) in [5, 5.41) is 13.8. The van der Waals surface area contributed by atoms with E-state index < -0.39 is 12.6 Å². The van der Waals surface area contributed by atoms with Crippen molar-refractivity contribution in [2.75, 3.05) is 0 Å². The largest absolute Gasteiger partial charge is 0.478 e. The number of carbonyl (C=O) groups is 1. The van der Waals surface area contributed by atoms with Gasteiger partial charge in [-0.2, -0.15) is 5.10 Å². The number of hydrogen-bond donors (Lipinski definition) is 1. The number of rotatable bonds is 4. The van der Waals surface area contributed by atoms with Crippen molar-refractivity contribution in [1.29, 1.82) is 0 Å². The van der Waals surface area contributed by atoms with Gasteiger partial charge < -0.3 is 5.11 Å². The number of benzene rings is 1. The van der Waals surface area contributed by atoms with Crippen LogP contribution in [-0.2, 0) is 6.67 Å². The van der Waals surface area contributed by atoms with E-state index in [0.29, 0.717) is 22.0 Å². The van der Waals surface area contributed by atoms with Crippen molar-refractivity contribution >= 4 is 17.6 Å². The van der Waals surface area contributed by atoms with E-state index in [1.165, 1.54) is 16.9 Å². The topological polar surface area (TPSA) is 55.1 Å². The van der Waals surface area contributed by atoms with Gasteiger partial charge in [0.1, 0.15) is 12.2 Å². The van der Waals surface area contributed by atoms with Crippen LogP contribution in [0.5, 0.6) is 0 Å². The Morgan fingerprint density at radius 1 is 1.50 bits per heavy atom. The molecule has 1 saturated carbocycles. The maximum atomic E-state index is 13.1. The first kappa shape index (κ1) is 13.1. The molecule has 1 aromatic carbocycles. The molecule has 0 unspecified atom stereocenters. The summed E-state index contributed by atoms with van der Waals surface area (Å²) in [6.45, 7) is -0.678. The summed E-state index contributed by atoms with van der Waals surface area (Å²) in [6, 6.07) is 4.85. The van der Waals surface area contributed by atoms with E-state index in [2.05, 4.69) is 5.10 Å². The minimum atomic E-state index is -1.01. The van der Waals surface area contributed by atoms with Gasteiger partial charge in [0.2, 0.25) is 0 Å². The normalized spacial score (nSPS) is 14.5. The first-order valence-electron chi connectivity index (χ1n) is 6.27. The Hall–Kier alpha value is -1.88. The molecular weight excluding hydrogens is 283 g/mol. The van der Waals surface area contributed by atoms with E-state index in [9.17, 15) is 14.3 Å². The van der Waals surface area contributed by atoms with Crippen LogP contribution in [0.15, 0.2) is 24.4 Å². The van der Waals surface area contributed by atoms with Gasteiger partial charge in [0.15, 0.2) is 0 Å². The van der Waals surface area contributed by atoms with Gasteiger partial charge >= 0.3 is 5.97 Å². The lowest BCUT2D eigenvalue weighted by atomic mass is 10.1. The van der Waals surface area contributed by atoms with Gasteiger partial charge in [-0.05, 0) is 31.0 Å². The van der Waals surface area contributed by atoms with Crippen molar-refractivity contribution in [1.82, 2.24) is 9.78 Å². The molecule has 4 nitrogen and oxygen atoms in total. The number of halogens is 2. The van der Waals surface area contributed by atoms with Crippen LogP contribution in [-0.4, -0.2) is 20.9 Å². The lowest BCUT2D eigenvalue weighted by Crippen LogP contribution is -2.07. The molecule has 1 heterocycles. The van der Waals surface area contributed by atoms with Crippen LogP contribution < -0.4 is 0 Å². The van der Waals surface area contributed by atoms with Gasteiger partial charge in [-0.1, -0.05) is 11.6 Å². The highest BCUT2D eigenvalue weighted by atomic mass is 35.5. The number of carboxylic acid groups (broad SMARTS) is 1. The number of hydrogen-bond acceptors (Lipinski definition) is 2. The fourth-order valence-electron chi connectivity index (χ4n) is 2.33. The van der Waals surface area contributed by atoms with Gasteiger partial charge in [0, 0.05) is 16.5 Å². The summed E-state index contributed by atoms with van der Waals surface area (Å²) >= 11 is 5.86. The molecule has 0 aliphatic heterocycles. The second-order valence-corrected chi connectivity index (χ2v) is 5.28. The average molecular weight is 295 g/mol. The van der Waals surface area contributed by atoms with Crippen molar-refractivity contribution in [2.45, 2.75) is 25.4 Å². The zero-order valence-electron chi connectivity index (χ0n) is 10.5. The quantitative estimate of drug-likeness (QED) is 0.938. The van der Waals surface area contributed by atoms with Gasteiger partial charge in [-0.15, -0.1) is 0 Å². The Balaban J connectivity index is 2.17. The average Bonchev–Trinajstić information content (AvgIpc) is 3.17. The standard InChI is InChI=1S/C14H12ClFN2O2/c15-10-3-4-12(9(5-10)6-16)18-13(8-1-2-8)11(7-17-18)14(19)20/h3-5,7-8H,1-2,6H2,(H,19,20). The van der Waals surface area contributed by atoms with Crippen LogP contribution in [0.2, 0.25) is 5.02 Å². The molecule has 20 heavy (non-hydrogen) atoms. The fraction of sp³-hybridized carbons (Fsp3) is 0.286. The Morgan fingerprint density at radius 3 is 2.85 bits per heavy atom. The summed E-state index contributed by atoms with van der Waals surface area (Å²) in [7, 11) is 0. The van der Waals surface area contributed by atoms with Crippen LogP contribution in [0.3, 0.4) is 0 Å². The zero-order valence-corrected chi connectivity index (χ0v) is 11.3. The van der Waals surface area contributed by atoms with E-state index in [0.717, 1.165) is 12.8 Å². The molecule has 104 valence electrons. The van der Waals surface area contributed by atoms with Gasteiger partial charge in [-0.3, -0.25) is 0 Å². The molecule has 0 radical (unpaired) electrons. The summed E-state index contributed by atoms with van der Waals surface area (Å²) in [5.41, 5.74) is 1.78. The van der Waals surface area contributed by atoms with Crippen molar-refractivity contribution in [3.05, 3.63) is 46.2 Å². The molecule has 0 amide bonds. The van der Waals surface area contributed by atoms with Gasteiger partial charge in [-0.25, -0.2) is 13.9 Å². The number of aromatic carboxylic acids is 1. The van der Waals surface area contributed by atoms with E-state index in [4.69, 9.17) is 11.6 Å². The monoisotopic (exact) mass is 294 g/mol. The number of aromatic nitrogens is 2. The maximum absolute atomic E-state index is 13.1. The van der Waals surface area contributed by atoms with Crippen LogP contribution in [0.4, 0.5) is 4.39 Å². The predicted molar refractivity (Wildman–Crippen MR) is 72.3 cm³/mol. The van der Waals surface area contributed by atoms with Crippen molar-refractivity contribution < 1.29 is 14.3 Å². The van der Waals surface area contributed by atoms with Crippen molar-refractivity contribution in [3.8, 4) is 5.69 Å². The first-order valence-corrected chi connectivity index (χ1v) is 6.65. The molecule has 1 aliphatic rings. The summed E-state index contributed by atoms with van der Waals surface area (Å²) in [5.74, 6) is -0.819. The smallest absolute Gasteiger partial charge is 0.339 e. The Bertz CT molecular complexity index is 680. The van der Waals surface area contributed by atoms with Crippen molar-refractivity contribution in [3.63, 3.8) is 0 Å². The van der Waals surface area contributed by atoms with Crippen LogP contribution >= 0.6 is 11.6 Å². The molecule has 2 aromatic rings. The third-order valence-corrected chi connectivity index (χ3v) is 3.65. The molecular formula is C14H12ClFN2O2. The Morgan fingerprint density at radius 2 is 2.25 bits per heavy atom. The maximum Gasteiger partial charge on any atom is 0.339 e. The molecule has 1 aromatic heterocycles. The molecule has 1 aliphatic carbocycles. The van der Waals surface area contributed by atoms with E-state index >= 15 is 0 Å². The van der Waals surface area contributed by atoms with Crippen LogP contribution in [0.1, 0.15) is 40.4 Å². The van der Waals surface area contributed by atoms with Gasteiger partial charge in [0.05, 0.1) is 17.6 Å². The third-order valence-electron chi connectivity index (χ3n) is 3.41. The van der Waals surface area contributed by atoms with Crippen LogP contribution in [0, 0.1) is 0 Å². The third kappa shape index (κ3) is 2.18. The number of alkyl halides is 1. The zero-order chi connectivity index (χ0) is 14.3. The molecule has 0 bridgehead atoms. The molecule has 6 heteroatoms. The Kier molecular flexibility index (Phi) is 3.22. The highest BCUT2D eigenvalue weighted by Crippen LogP contribution is 2.42. The second kappa shape index (κ2) is 4.90. The van der Waals surface area contributed by atoms with E-state index in [-0.39, 0.29) is 11.5 Å². The molecule has 0 saturated heterocycles. The SMILES string of the molecule is O=C(O)c1cnn(-c2ccc(Cl)cc2CF)c1C1CC1. The molecule has 3 rings (SSSR count). The van der Waals surface area contributed by atoms with Gasteiger partial charge in [0.25, 0.3) is 0 Å². The fourth-order valence-corrected chi connectivity index (χ4v) is 2.53. The first-order chi connectivity index (χ1) is 9.61. The molecule has 1 fully saturated rings. The number of carboxylic acids is 1. The van der Waals surface area contributed by atoms with Crippen molar-refractivity contribution in [2.24, 2.45) is 0 Å². The highest BCUT2D eigenvalue weighted by molar-refractivity contribution is 6.30. The van der Waals surface area contributed by atoms with E-state index in [1.807, 2.05) is 0 Å². The minimum Gasteiger partial charge on any atom is -0.478 e. The predicted octanol–water partition coefficient (Wildman–Crippen LogP) is 3.57. The highest BCUT2D eigenvalue weighted by Gasteiger charge is 2.33. The second-order valence-electron chi connectivity index (χ2n) is 4.84.